The molecule has 1 saturated heterocycles. The van der Waals surface area contributed by atoms with E-state index in [-0.39, 0.29) is 23.9 Å². The molecule has 0 spiro atoms. The summed E-state index contributed by atoms with van der Waals surface area (Å²) in [6.45, 7) is 2.77. The summed E-state index contributed by atoms with van der Waals surface area (Å²) in [6, 6.07) is 6.65. The first-order valence-electron chi connectivity index (χ1n) is 8.14. The maximum atomic E-state index is 12.7. The van der Waals surface area contributed by atoms with E-state index in [2.05, 4.69) is 10.4 Å². The molecule has 1 N–H and O–H groups in total. The van der Waals surface area contributed by atoms with Crippen molar-refractivity contribution in [3.8, 4) is 0 Å². The van der Waals surface area contributed by atoms with Crippen LogP contribution in [-0.4, -0.2) is 45.6 Å². The zero-order valence-electron chi connectivity index (χ0n) is 13.6. The van der Waals surface area contributed by atoms with Gasteiger partial charge < -0.3 is 10.2 Å². The Morgan fingerprint density at radius 2 is 2.12 bits per heavy atom. The second-order valence-corrected chi connectivity index (χ2v) is 5.85. The summed E-state index contributed by atoms with van der Waals surface area (Å²) in [5, 5.41) is 8.17. The van der Waals surface area contributed by atoms with E-state index in [0.717, 1.165) is 5.39 Å². The lowest BCUT2D eigenvalue weighted by atomic mass is 10.1. The number of nitrogens with one attached hydrogen (secondary N) is 1. The topological polar surface area (TPSA) is 84.3 Å². The number of hydrogen-bond acceptors (Lipinski definition) is 4. The van der Waals surface area contributed by atoms with E-state index in [0.29, 0.717) is 31.3 Å². The summed E-state index contributed by atoms with van der Waals surface area (Å²) in [5.74, 6) is -0.397. The van der Waals surface area contributed by atoms with Gasteiger partial charge in [0.25, 0.3) is 5.56 Å². The monoisotopic (exact) mass is 328 g/mol. The SMILES string of the molecule is CC[C@H]1C(=O)NCCCN1C(=O)Cn1ncc2ccccc2c1=O. The average Bonchev–Trinajstić information content (AvgIpc) is 2.78. The molecule has 1 aromatic heterocycles. The molecule has 0 bridgehead atoms. The van der Waals surface area contributed by atoms with Gasteiger partial charge in [-0.1, -0.05) is 25.1 Å². The minimum absolute atomic E-state index is 0.137. The van der Waals surface area contributed by atoms with E-state index in [9.17, 15) is 14.4 Å². The molecular formula is C17H20N4O3. The Hall–Kier alpha value is -2.70. The summed E-state index contributed by atoms with van der Waals surface area (Å²) in [6.07, 6.45) is 2.82. The maximum Gasteiger partial charge on any atom is 0.275 e. The van der Waals surface area contributed by atoms with Crippen LogP contribution in [0.5, 0.6) is 0 Å². The van der Waals surface area contributed by atoms with Crippen LogP contribution in [0.1, 0.15) is 19.8 Å². The lowest BCUT2D eigenvalue weighted by Crippen LogP contribution is -2.48. The number of nitrogens with zero attached hydrogens (tertiary/aromatic N) is 3. The van der Waals surface area contributed by atoms with E-state index in [1.54, 1.807) is 23.2 Å². The molecule has 1 atom stereocenters. The van der Waals surface area contributed by atoms with Crippen LogP contribution in [0, 0.1) is 0 Å². The smallest absolute Gasteiger partial charge is 0.275 e. The van der Waals surface area contributed by atoms with E-state index < -0.39 is 6.04 Å². The van der Waals surface area contributed by atoms with Gasteiger partial charge in [-0.25, -0.2) is 4.68 Å². The first-order chi connectivity index (χ1) is 11.6. The highest BCUT2D eigenvalue weighted by Crippen LogP contribution is 2.11. The third-order valence-electron chi connectivity index (χ3n) is 4.31. The number of amides is 2. The van der Waals surface area contributed by atoms with Crippen molar-refractivity contribution in [2.75, 3.05) is 13.1 Å². The van der Waals surface area contributed by atoms with Crippen LogP contribution < -0.4 is 10.9 Å². The Labute approximate surface area is 139 Å². The third kappa shape index (κ3) is 3.02. The van der Waals surface area contributed by atoms with Crippen molar-refractivity contribution < 1.29 is 9.59 Å². The van der Waals surface area contributed by atoms with Crippen molar-refractivity contribution >= 4 is 22.6 Å². The largest absolute Gasteiger partial charge is 0.354 e. The molecule has 0 saturated carbocycles. The molecule has 0 aliphatic carbocycles. The van der Waals surface area contributed by atoms with Gasteiger partial charge in [-0.15, -0.1) is 0 Å². The minimum atomic E-state index is -0.490. The predicted octanol–water partition coefficient (Wildman–Crippen LogP) is 0.524. The van der Waals surface area contributed by atoms with Crippen molar-refractivity contribution in [1.29, 1.82) is 0 Å². The molecule has 1 aromatic carbocycles. The lowest BCUT2D eigenvalue weighted by Gasteiger charge is -2.27. The minimum Gasteiger partial charge on any atom is -0.354 e. The summed E-state index contributed by atoms with van der Waals surface area (Å²) in [4.78, 5) is 38.8. The molecule has 3 rings (SSSR count). The fourth-order valence-corrected chi connectivity index (χ4v) is 3.04. The standard InChI is InChI=1S/C17H20N4O3/c1-2-14-16(23)18-8-5-9-20(14)15(22)11-21-17(24)13-7-4-3-6-12(13)10-19-21/h3-4,6-7,10,14H,2,5,8-9,11H2,1H3,(H,18,23)/t14-/m0/s1. The van der Waals surface area contributed by atoms with Gasteiger partial charge in [0.1, 0.15) is 12.6 Å². The van der Waals surface area contributed by atoms with E-state index in [1.165, 1.54) is 4.68 Å². The number of carbonyl (C=O) groups is 2. The summed E-state index contributed by atoms with van der Waals surface area (Å²) < 4.78 is 1.17. The predicted molar refractivity (Wildman–Crippen MR) is 89.4 cm³/mol. The van der Waals surface area contributed by atoms with Gasteiger partial charge >= 0.3 is 0 Å². The molecule has 2 heterocycles. The van der Waals surface area contributed by atoms with Crippen molar-refractivity contribution in [1.82, 2.24) is 20.0 Å². The number of carbonyl (C=O) groups excluding carboxylic acids is 2. The fourth-order valence-electron chi connectivity index (χ4n) is 3.04. The highest BCUT2D eigenvalue weighted by Gasteiger charge is 2.30. The Morgan fingerprint density at radius 3 is 2.92 bits per heavy atom. The molecule has 1 aliphatic rings. The van der Waals surface area contributed by atoms with E-state index in [1.807, 2.05) is 19.1 Å². The number of hydrogen-bond donors (Lipinski definition) is 1. The fraction of sp³-hybridized carbons (Fsp3) is 0.412. The molecule has 2 amide bonds. The van der Waals surface area contributed by atoms with Gasteiger partial charge in [0.2, 0.25) is 11.8 Å². The number of fused-ring (bicyclic) bond motifs is 1. The Morgan fingerprint density at radius 1 is 1.33 bits per heavy atom. The van der Waals surface area contributed by atoms with Crippen LogP contribution in [0.4, 0.5) is 0 Å². The molecule has 1 aliphatic heterocycles. The van der Waals surface area contributed by atoms with Crippen molar-refractivity contribution in [3.63, 3.8) is 0 Å². The second-order valence-electron chi connectivity index (χ2n) is 5.85. The third-order valence-corrected chi connectivity index (χ3v) is 4.31. The van der Waals surface area contributed by atoms with E-state index >= 15 is 0 Å². The van der Waals surface area contributed by atoms with Crippen molar-refractivity contribution in [2.45, 2.75) is 32.4 Å². The first-order valence-corrected chi connectivity index (χ1v) is 8.14. The first kappa shape index (κ1) is 16.2. The molecule has 24 heavy (non-hydrogen) atoms. The molecule has 7 heteroatoms. The van der Waals surface area contributed by atoms with Crippen LogP contribution in [-0.2, 0) is 16.1 Å². The quantitative estimate of drug-likeness (QED) is 0.890. The van der Waals surface area contributed by atoms with Crippen LogP contribution in [0.2, 0.25) is 0 Å². The second kappa shape index (κ2) is 6.82. The molecular weight excluding hydrogens is 308 g/mol. The van der Waals surface area contributed by atoms with Crippen LogP contribution in [0.3, 0.4) is 0 Å². The molecule has 7 nitrogen and oxygen atoms in total. The summed E-state index contributed by atoms with van der Waals surface area (Å²) in [7, 11) is 0. The molecule has 0 radical (unpaired) electrons. The van der Waals surface area contributed by atoms with E-state index in [4.69, 9.17) is 0 Å². The Bertz CT molecular complexity index is 830. The molecule has 0 unspecified atom stereocenters. The van der Waals surface area contributed by atoms with Crippen LogP contribution in [0.15, 0.2) is 35.3 Å². The highest BCUT2D eigenvalue weighted by atomic mass is 16.2. The normalized spacial score (nSPS) is 18.3. The Kier molecular flexibility index (Phi) is 4.59. The number of rotatable bonds is 3. The zero-order chi connectivity index (χ0) is 17.1. The van der Waals surface area contributed by atoms with Crippen molar-refractivity contribution in [3.05, 3.63) is 40.8 Å². The van der Waals surface area contributed by atoms with Crippen LogP contribution >= 0.6 is 0 Å². The van der Waals surface area contributed by atoms with Gasteiger partial charge in [0.15, 0.2) is 0 Å². The molecule has 2 aromatic rings. The molecule has 1 fully saturated rings. The maximum absolute atomic E-state index is 12.7. The van der Waals surface area contributed by atoms with Gasteiger partial charge in [0.05, 0.1) is 11.6 Å². The Balaban J connectivity index is 1.87. The van der Waals surface area contributed by atoms with Gasteiger partial charge in [-0.3, -0.25) is 14.4 Å². The highest BCUT2D eigenvalue weighted by molar-refractivity contribution is 5.88. The summed E-state index contributed by atoms with van der Waals surface area (Å²) in [5.41, 5.74) is -0.297. The number of benzene rings is 1. The number of aromatic nitrogens is 2. The van der Waals surface area contributed by atoms with Gasteiger partial charge in [-0.2, -0.15) is 5.10 Å². The van der Waals surface area contributed by atoms with Gasteiger partial charge in [-0.05, 0) is 18.9 Å². The van der Waals surface area contributed by atoms with Gasteiger partial charge in [0, 0.05) is 18.5 Å². The van der Waals surface area contributed by atoms with Crippen molar-refractivity contribution in [2.24, 2.45) is 0 Å². The molecule has 126 valence electrons. The lowest BCUT2D eigenvalue weighted by molar-refractivity contribution is -0.140. The van der Waals surface area contributed by atoms with Crippen LogP contribution in [0.25, 0.3) is 10.8 Å². The summed E-state index contributed by atoms with van der Waals surface area (Å²) >= 11 is 0. The zero-order valence-corrected chi connectivity index (χ0v) is 13.6. The average molecular weight is 328 g/mol.